The van der Waals surface area contributed by atoms with Gasteiger partial charge in [-0.3, -0.25) is 13.9 Å². The predicted molar refractivity (Wildman–Crippen MR) is 247 cm³/mol. The molecule has 22 heteroatoms. The molecule has 364 valence electrons. The number of hydrogen-bond acceptors (Lipinski definition) is 13. The zero-order chi connectivity index (χ0) is 48.3. The highest BCUT2D eigenvalue weighted by Gasteiger charge is 2.48. The largest absolute Gasteiger partial charge is 0.481 e. The third-order valence-corrected chi connectivity index (χ3v) is 16.8. The van der Waals surface area contributed by atoms with Crippen molar-refractivity contribution in [3.05, 3.63) is 71.5 Å². The van der Waals surface area contributed by atoms with Gasteiger partial charge >= 0.3 is 5.97 Å². The van der Waals surface area contributed by atoms with Crippen molar-refractivity contribution >= 4 is 63.2 Å². The van der Waals surface area contributed by atoms with Gasteiger partial charge in [-0.2, -0.15) is 21.4 Å². The Morgan fingerprint density at radius 3 is 1.97 bits per heavy atom. The van der Waals surface area contributed by atoms with Crippen molar-refractivity contribution in [1.29, 1.82) is 0 Å². The van der Waals surface area contributed by atoms with Crippen molar-refractivity contribution < 1.29 is 71.5 Å². The maximum Gasteiger partial charge on any atom is 0.303 e. The average molecular weight is 991 g/mol. The number of anilines is 1. The Hall–Kier alpha value is -3.58. The number of benzene rings is 2. The number of allylic oxidation sites excluding steroid dienone is 4. The van der Waals surface area contributed by atoms with E-state index >= 15 is 0 Å². The van der Waals surface area contributed by atoms with Crippen LogP contribution >= 0.6 is 0 Å². The molecule has 0 radical (unpaired) electrons. The first-order valence-electron chi connectivity index (χ1n) is 21.4. The minimum Gasteiger partial charge on any atom is -0.481 e. The topological polar surface area (TPSA) is 260 Å². The van der Waals surface area contributed by atoms with Crippen LogP contribution in [0.4, 0.5) is 11.4 Å². The summed E-state index contributed by atoms with van der Waals surface area (Å²) < 4.78 is 142. The Morgan fingerprint density at radius 2 is 1.35 bits per heavy atom. The van der Waals surface area contributed by atoms with Crippen LogP contribution in [-0.2, 0) is 69.9 Å². The van der Waals surface area contributed by atoms with E-state index in [-0.39, 0.29) is 80.4 Å². The molecule has 2 heterocycles. The van der Waals surface area contributed by atoms with Crippen molar-refractivity contribution in [2.24, 2.45) is 0 Å². The number of carboxylic acids is 1. The van der Waals surface area contributed by atoms with Crippen LogP contribution in [0.3, 0.4) is 0 Å². The van der Waals surface area contributed by atoms with Crippen LogP contribution in [-0.4, -0.2) is 142 Å². The minimum atomic E-state index is -4.37. The molecule has 0 bridgehead atoms. The number of sulfone groups is 1. The average Bonchev–Trinajstić information content (AvgIpc) is 3.58. The van der Waals surface area contributed by atoms with E-state index in [9.17, 15) is 52.7 Å². The van der Waals surface area contributed by atoms with Gasteiger partial charge < -0.3 is 24.2 Å². The monoisotopic (exact) mass is 990 g/mol. The van der Waals surface area contributed by atoms with E-state index in [1.165, 1.54) is 26.4 Å². The van der Waals surface area contributed by atoms with Crippen molar-refractivity contribution in [3.63, 3.8) is 0 Å². The lowest BCUT2D eigenvalue weighted by molar-refractivity contribution is -0.438. The molecule has 2 aliphatic heterocycles. The lowest BCUT2D eigenvalue weighted by Crippen LogP contribution is -2.33. The summed E-state index contributed by atoms with van der Waals surface area (Å²) in [6.07, 6.45) is 7.63. The van der Waals surface area contributed by atoms with Gasteiger partial charge in [-0.25, -0.2) is 21.6 Å². The molecular weight excluding hydrogens is 927 g/mol. The number of nitrogens with one attached hydrogen (secondary N) is 1. The van der Waals surface area contributed by atoms with Gasteiger partial charge in [-0.05, 0) is 101 Å². The molecule has 2 aliphatic rings. The maximum absolute atomic E-state index is 13.6. The van der Waals surface area contributed by atoms with Crippen LogP contribution in [0.25, 0.3) is 0 Å². The molecule has 2 aromatic carbocycles. The van der Waals surface area contributed by atoms with E-state index in [4.69, 9.17) is 14.2 Å². The summed E-state index contributed by atoms with van der Waals surface area (Å²) in [6, 6.07) is 9.60. The second-order valence-corrected chi connectivity index (χ2v) is 23.7. The van der Waals surface area contributed by atoms with E-state index in [2.05, 4.69) is 4.72 Å². The van der Waals surface area contributed by atoms with Crippen LogP contribution in [0, 0.1) is 0 Å². The van der Waals surface area contributed by atoms with Gasteiger partial charge in [0.15, 0.2) is 15.5 Å². The number of rotatable bonds is 29. The first kappa shape index (κ1) is 54.0. The van der Waals surface area contributed by atoms with Crippen molar-refractivity contribution in [3.8, 4) is 0 Å². The Kier molecular flexibility index (Phi) is 19.1. The van der Waals surface area contributed by atoms with E-state index < -0.39 is 68.4 Å². The number of carbonyl (C=O) groups is 1. The van der Waals surface area contributed by atoms with Crippen LogP contribution < -0.4 is 9.62 Å². The second-order valence-electron chi connectivity index (χ2n) is 16.7. The van der Waals surface area contributed by atoms with Gasteiger partial charge in [0.2, 0.25) is 15.7 Å². The van der Waals surface area contributed by atoms with E-state index in [0.29, 0.717) is 66.3 Å². The molecule has 2 aromatic rings. The molecule has 2 unspecified atom stereocenters. The molecule has 65 heavy (non-hydrogen) atoms. The Bertz CT molecular complexity index is 2560. The molecule has 0 aliphatic carbocycles. The molecule has 0 fully saturated rings. The number of methoxy groups -OCH3 is 3. The fourth-order valence-corrected chi connectivity index (χ4v) is 12.0. The quantitative estimate of drug-likeness (QED) is 0.0492. The molecule has 0 aromatic heterocycles. The summed E-state index contributed by atoms with van der Waals surface area (Å²) >= 11 is 0. The Morgan fingerprint density at radius 1 is 0.738 bits per heavy atom. The van der Waals surface area contributed by atoms with Crippen LogP contribution in [0.5, 0.6) is 0 Å². The molecular formula is C43H64N3O15S4+. The zero-order valence-corrected chi connectivity index (χ0v) is 41.0. The van der Waals surface area contributed by atoms with E-state index in [1.54, 1.807) is 37.5 Å². The third-order valence-electron chi connectivity index (χ3n) is 11.9. The third kappa shape index (κ3) is 14.2. The van der Waals surface area contributed by atoms with Crippen LogP contribution in [0.1, 0.15) is 82.8 Å². The van der Waals surface area contributed by atoms with E-state index in [1.807, 2.05) is 35.5 Å². The molecule has 2 atom stereocenters. The van der Waals surface area contributed by atoms with Gasteiger partial charge in [-0.15, -0.1) is 0 Å². The van der Waals surface area contributed by atoms with Gasteiger partial charge in [0.05, 0.1) is 45.7 Å². The molecule has 0 amide bonds. The maximum atomic E-state index is 13.6. The first-order chi connectivity index (χ1) is 30.4. The number of hydrogen-bond donors (Lipinski definition) is 4. The van der Waals surface area contributed by atoms with Gasteiger partial charge in [0.25, 0.3) is 20.2 Å². The summed E-state index contributed by atoms with van der Waals surface area (Å²) in [5, 5.41) is 9.25. The summed E-state index contributed by atoms with van der Waals surface area (Å²) in [5.41, 5.74) is 1.85. The number of sulfonamides is 1. The minimum absolute atomic E-state index is 0.00533. The van der Waals surface area contributed by atoms with E-state index in [0.717, 1.165) is 0 Å². The molecule has 0 saturated heterocycles. The SMILES string of the molecule is COCCCS(=O)(=O)c1ccc2c(c1)C(C)(CCCS(=O)(=O)O)/C(=C\C=C\C1=[N+](CCCCCC(=O)O)c3ccc(S(=O)(=O)NCCOC)cc3C1(C)CCCS(=O)(=O)O)N2CCOC. The number of ether oxygens (including phenoxy) is 3. The van der Waals surface area contributed by atoms with Gasteiger partial charge in [0, 0.05) is 88.4 Å². The summed E-state index contributed by atoms with van der Waals surface area (Å²) in [6.45, 7) is 5.12. The van der Waals surface area contributed by atoms with Gasteiger partial charge in [-0.1, -0.05) is 6.08 Å². The molecule has 0 saturated carbocycles. The second kappa shape index (κ2) is 22.9. The number of carboxylic acid groups (broad SMARTS) is 1. The number of unbranched alkanes of at least 4 members (excludes halogenated alkanes) is 2. The smallest absolute Gasteiger partial charge is 0.303 e. The van der Waals surface area contributed by atoms with Crippen LogP contribution in [0.15, 0.2) is 70.1 Å². The molecule has 0 spiro atoms. The van der Waals surface area contributed by atoms with Crippen molar-refractivity contribution in [2.45, 2.75) is 92.3 Å². The Labute approximate surface area is 384 Å². The molecule has 4 N–H and O–H groups in total. The van der Waals surface area contributed by atoms with Crippen molar-refractivity contribution in [1.82, 2.24) is 4.72 Å². The van der Waals surface area contributed by atoms with Crippen molar-refractivity contribution in [2.75, 3.05) is 82.9 Å². The lowest BCUT2D eigenvalue weighted by Gasteiger charge is -2.30. The summed E-state index contributed by atoms with van der Waals surface area (Å²) in [5.74, 6) is -2.16. The van der Waals surface area contributed by atoms with Crippen LogP contribution in [0.2, 0.25) is 0 Å². The fourth-order valence-electron chi connectivity index (χ4n) is 8.66. The highest BCUT2D eigenvalue weighted by Crippen LogP contribution is 2.51. The number of nitrogens with zero attached hydrogens (tertiary/aromatic N) is 2. The summed E-state index contributed by atoms with van der Waals surface area (Å²) in [7, 11) is -12.0. The molecule has 18 nitrogen and oxygen atoms in total. The highest BCUT2D eigenvalue weighted by atomic mass is 32.2. The van der Waals surface area contributed by atoms with Gasteiger partial charge in [0.1, 0.15) is 6.54 Å². The first-order valence-corrected chi connectivity index (χ1v) is 27.7. The predicted octanol–water partition coefficient (Wildman–Crippen LogP) is 4.62. The normalized spacial score (nSPS) is 19.7. The lowest BCUT2D eigenvalue weighted by atomic mass is 9.75. The summed E-state index contributed by atoms with van der Waals surface area (Å²) in [4.78, 5) is 13.3. The zero-order valence-electron chi connectivity index (χ0n) is 37.7. The molecule has 4 rings (SSSR count). The fraction of sp³-hybridized carbons (Fsp3) is 0.581. The highest BCUT2D eigenvalue weighted by molar-refractivity contribution is 7.91. The number of aliphatic carboxylic acids is 1. The number of fused-ring (bicyclic) bond motifs is 2. The standard InChI is InChI=1S/C43H63N3O15S4/c1-42(20-10-29-63(51,52)53)35-31-33(62(49,50)28-12-25-59-3)16-18-38(35)46(24-27-61-5)40(42)14-9-13-39-43(2,21-11-30-64(54,55)56)36-32-34(65(57,58)44-22-26-60-4)17-19-37(36)45(39)23-8-6-7-15-41(47)48/h9,13-14,16-19,31-32,44H,6-8,10-12,15,20-30H2,1-5H3,(H2-,47,48,51,52,53,54,55,56)/p+1. The Balaban J connectivity index is 1.94.